The fourth-order valence-corrected chi connectivity index (χ4v) is 3.13. The zero-order chi connectivity index (χ0) is 16.5. The van der Waals surface area contributed by atoms with Crippen molar-refractivity contribution in [1.82, 2.24) is 0 Å². The van der Waals surface area contributed by atoms with Gasteiger partial charge in [0.2, 0.25) is 0 Å². The lowest BCUT2D eigenvalue weighted by Crippen LogP contribution is -2.62. The van der Waals surface area contributed by atoms with Gasteiger partial charge in [0.25, 0.3) is 0 Å². The van der Waals surface area contributed by atoms with Crippen LogP contribution in [-0.4, -0.2) is 91.9 Å². The molecule has 0 saturated carbocycles. The second kappa shape index (κ2) is 6.14. The van der Waals surface area contributed by atoms with Gasteiger partial charge in [-0.15, -0.1) is 0 Å². The van der Waals surface area contributed by atoms with Crippen LogP contribution in [0.1, 0.15) is 0 Å². The fourth-order valence-electron chi connectivity index (χ4n) is 1.18. The van der Waals surface area contributed by atoms with Crippen LogP contribution in [0.4, 0.5) is 0 Å². The van der Waals surface area contributed by atoms with Gasteiger partial charge in [-0.25, -0.2) is 0 Å². The monoisotopic (exact) mass is 342 g/mol. The molecule has 0 saturated heterocycles. The van der Waals surface area contributed by atoms with Crippen LogP contribution in [0.25, 0.3) is 0 Å². The van der Waals surface area contributed by atoms with E-state index in [2.05, 4.69) is 0 Å². The quantitative estimate of drug-likeness (QED) is 0.203. The van der Waals surface area contributed by atoms with E-state index in [1.807, 2.05) is 0 Å². The molecule has 122 valence electrons. The summed E-state index contributed by atoms with van der Waals surface area (Å²) in [5.74, 6) is 0. The Labute approximate surface area is 113 Å². The van der Waals surface area contributed by atoms with Gasteiger partial charge < -0.3 is 30.6 Å². The molecular weight excluding hydrogens is 328 g/mol. The lowest BCUT2D eigenvalue weighted by atomic mass is 10.0. The van der Waals surface area contributed by atoms with E-state index in [0.717, 1.165) is 0 Å². The summed E-state index contributed by atoms with van der Waals surface area (Å²) in [6.45, 7) is -1.18. The minimum absolute atomic E-state index is 1.18. The molecule has 0 bridgehead atoms. The van der Waals surface area contributed by atoms with E-state index in [4.69, 9.17) is 24.4 Å². The molecule has 0 aliphatic carbocycles. The third kappa shape index (κ3) is 3.42. The first-order valence-electron chi connectivity index (χ1n) is 4.71. The van der Waals surface area contributed by atoms with E-state index in [-0.39, 0.29) is 0 Å². The molecule has 0 amide bonds. The standard InChI is InChI=1S/C6H14O12S2/c7-1-2(8)3(9)4(10)5(11)6(12,19(13,14)15)20(16,17)18/h2-5,7-12H,1H2,(H,13,14,15)(H,16,17,18)/t2-,3-,4-,5-/m1/s1. The summed E-state index contributed by atoms with van der Waals surface area (Å²) < 4.78 is 55.7. The Balaban J connectivity index is 5.79. The summed E-state index contributed by atoms with van der Waals surface area (Å²) in [6, 6.07) is 0. The minimum Gasteiger partial charge on any atom is -0.394 e. The lowest BCUT2D eigenvalue weighted by Gasteiger charge is -2.32. The van der Waals surface area contributed by atoms with Crippen molar-refractivity contribution in [2.75, 3.05) is 6.61 Å². The Morgan fingerprint density at radius 1 is 0.850 bits per heavy atom. The van der Waals surface area contributed by atoms with E-state index >= 15 is 0 Å². The maximum Gasteiger partial charge on any atom is 0.347 e. The van der Waals surface area contributed by atoms with Crippen molar-refractivity contribution in [1.29, 1.82) is 0 Å². The lowest BCUT2D eigenvalue weighted by molar-refractivity contribution is -0.136. The highest BCUT2D eigenvalue weighted by molar-refractivity contribution is 8.05. The van der Waals surface area contributed by atoms with Crippen LogP contribution in [0, 0.1) is 0 Å². The Bertz CT molecular complexity index is 490. The first-order valence-corrected chi connectivity index (χ1v) is 7.59. The van der Waals surface area contributed by atoms with Crippen molar-refractivity contribution in [3.05, 3.63) is 0 Å². The van der Waals surface area contributed by atoms with Gasteiger partial charge in [-0.2, -0.15) is 16.8 Å². The van der Waals surface area contributed by atoms with Crippen molar-refractivity contribution in [2.24, 2.45) is 0 Å². The molecule has 0 aliphatic rings. The molecule has 0 fully saturated rings. The maximum atomic E-state index is 10.8. The van der Waals surface area contributed by atoms with Gasteiger partial charge in [0.05, 0.1) is 6.61 Å². The van der Waals surface area contributed by atoms with Crippen LogP contribution in [-0.2, 0) is 20.2 Å². The van der Waals surface area contributed by atoms with E-state index < -0.39 is 55.5 Å². The highest BCUT2D eigenvalue weighted by atomic mass is 32.3. The molecular formula is C6H14O12S2. The van der Waals surface area contributed by atoms with E-state index in [1.165, 1.54) is 0 Å². The fraction of sp³-hybridized carbons (Fsp3) is 1.00. The van der Waals surface area contributed by atoms with Crippen LogP contribution in [0.5, 0.6) is 0 Å². The molecule has 0 aromatic rings. The molecule has 0 aromatic carbocycles. The maximum absolute atomic E-state index is 10.8. The van der Waals surface area contributed by atoms with Crippen LogP contribution < -0.4 is 0 Å². The molecule has 0 spiro atoms. The molecule has 12 nitrogen and oxygen atoms in total. The van der Waals surface area contributed by atoms with E-state index in [0.29, 0.717) is 0 Å². The zero-order valence-corrected chi connectivity index (χ0v) is 11.2. The van der Waals surface area contributed by atoms with Gasteiger partial charge in [-0.1, -0.05) is 0 Å². The summed E-state index contributed by atoms with van der Waals surface area (Å²) >= 11 is 0. The SMILES string of the molecule is O=S(=O)(O)C(O)([C@H](O)[C@H](O)[C@H](O)[C@H](O)CO)S(=O)(=O)O. The third-order valence-corrected chi connectivity index (χ3v) is 5.59. The molecule has 0 heterocycles. The molecule has 14 heteroatoms. The number of hydrogen-bond donors (Lipinski definition) is 8. The van der Waals surface area contributed by atoms with Crippen molar-refractivity contribution in [2.45, 2.75) is 28.7 Å². The molecule has 0 rings (SSSR count). The molecule has 0 radical (unpaired) electrons. The smallest absolute Gasteiger partial charge is 0.347 e. The third-order valence-electron chi connectivity index (χ3n) is 2.37. The topological polar surface area (TPSA) is 230 Å². The van der Waals surface area contributed by atoms with Crippen LogP contribution in [0.15, 0.2) is 0 Å². The van der Waals surface area contributed by atoms with Crippen LogP contribution in [0.2, 0.25) is 0 Å². The Kier molecular flexibility index (Phi) is 6.01. The van der Waals surface area contributed by atoms with Crippen molar-refractivity contribution < 1.29 is 56.6 Å². The average Bonchev–Trinajstić information content (AvgIpc) is 2.31. The molecule has 0 aromatic heterocycles. The van der Waals surface area contributed by atoms with Gasteiger partial charge in [0.1, 0.15) is 24.4 Å². The number of hydrogen-bond acceptors (Lipinski definition) is 10. The van der Waals surface area contributed by atoms with Crippen LogP contribution in [0.3, 0.4) is 0 Å². The Morgan fingerprint density at radius 3 is 1.45 bits per heavy atom. The van der Waals surface area contributed by atoms with Gasteiger partial charge >= 0.3 is 24.5 Å². The molecule has 0 aliphatic heterocycles. The molecule has 4 atom stereocenters. The van der Waals surface area contributed by atoms with E-state index in [1.54, 1.807) is 0 Å². The summed E-state index contributed by atoms with van der Waals surface area (Å²) in [4.78, 5) is 0. The van der Waals surface area contributed by atoms with Crippen molar-refractivity contribution in [3.63, 3.8) is 0 Å². The van der Waals surface area contributed by atoms with Gasteiger partial charge in [-0.05, 0) is 0 Å². The predicted molar refractivity (Wildman–Crippen MR) is 59.2 cm³/mol. The minimum atomic E-state index is -6.08. The van der Waals surface area contributed by atoms with E-state index in [9.17, 15) is 32.2 Å². The Morgan fingerprint density at radius 2 is 1.20 bits per heavy atom. The van der Waals surface area contributed by atoms with Gasteiger partial charge in [0, 0.05) is 0 Å². The highest BCUT2D eigenvalue weighted by Gasteiger charge is 2.62. The molecule has 20 heavy (non-hydrogen) atoms. The number of rotatable bonds is 7. The van der Waals surface area contributed by atoms with Gasteiger partial charge in [0.15, 0.2) is 0 Å². The molecule has 0 unspecified atom stereocenters. The summed E-state index contributed by atoms with van der Waals surface area (Å²) in [5, 5.41) is 54.4. The first kappa shape index (κ1) is 19.6. The number of aliphatic hydroxyl groups excluding tert-OH is 5. The molecule has 8 N–H and O–H groups in total. The second-order valence-electron chi connectivity index (χ2n) is 3.76. The zero-order valence-electron chi connectivity index (χ0n) is 9.54. The first-order chi connectivity index (χ1) is 8.71. The van der Waals surface area contributed by atoms with Crippen molar-refractivity contribution in [3.8, 4) is 0 Å². The summed E-state index contributed by atoms with van der Waals surface area (Å²) in [7, 11) is -12.2. The Hall–Kier alpha value is -0.420. The van der Waals surface area contributed by atoms with Gasteiger partial charge in [-0.3, -0.25) is 9.11 Å². The average molecular weight is 342 g/mol. The summed E-state index contributed by atoms with van der Waals surface area (Å²) in [5.41, 5.74) is 0. The number of aliphatic hydroxyl groups is 6. The normalized spacial score (nSPS) is 20.2. The highest BCUT2D eigenvalue weighted by Crippen LogP contribution is 2.27. The largest absolute Gasteiger partial charge is 0.394 e. The predicted octanol–water partition coefficient (Wildman–Crippen LogP) is -5.16. The summed E-state index contributed by atoms with van der Waals surface area (Å²) in [6.07, 6.45) is -10.9. The van der Waals surface area contributed by atoms with Crippen LogP contribution >= 0.6 is 0 Å². The second-order valence-corrected chi connectivity index (χ2v) is 7.16. The van der Waals surface area contributed by atoms with Crippen molar-refractivity contribution >= 4 is 20.2 Å².